The third-order valence-electron chi connectivity index (χ3n) is 4.15. The van der Waals surface area contributed by atoms with Gasteiger partial charge < -0.3 is 10.2 Å². The van der Waals surface area contributed by atoms with Crippen LogP contribution in [0.15, 0.2) is 22.9 Å². The summed E-state index contributed by atoms with van der Waals surface area (Å²) < 4.78 is 0. The second kappa shape index (κ2) is 7.44. The highest BCUT2D eigenvalue weighted by Gasteiger charge is 2.29. The Morgan fingerprint density at radius 1 is 1.38 bits per heavy atom. The standard InChI is InChI=1S/C17H21N3O2S2/c1-11(2)13-10-24-17(18-13)19-15(21)12-5-3-7-20(9-12)16(22)14-6-4-8-23-14/h4,6,8,10-12H,3,5,7,9H2,1-2H3,(H,18,19,21)/t12-/m1/s1. The summed E-state index contributed by atoms with van der Waals surface area (Å²) in [7, 11) is 0. The summed E-state index contributed by atoms with van der Waals surface area (Å²) in [6.07, 6.45) is 1.66. The minimum Gasteiger partial charge on any atom is -0.337 e. The lowest BCUT2D eigenvalue weighted by Gasteiger charge is -2.31. The molecule has 1 aliphatic rings. The summed E-state index contributed by atoms with van der Waals surface area (Å²) in [4.78, 5) is 32.0. The quantitative estimate of drug-likeness (QED) is 0.898. The molecule has 1 fully saturated rings. The predicted molar refractivity (Wildman–Crippen MR) is 97.8 cm³/mol. The second-order valence-corrected chi connectivity index (χ2v) is 8.09. The van der Waals surface area contributed by atoms with Crippen molar-refractivity contribution in [3.8, 4) is 0 Å². The highest BCUT2D eigenvalue weighted by molar-refractivity contribution is 7.14. The Balaban J connectivity index is 1.61. The number of piperidine rings is 1. The number of likely N-dealkylation sites (tertiary alicyclic amines) is 1. The molecule has 2 amide bonds. The highest BCUT2D eigenvalue weighted by Crippen LogP contribution is 2.24. The average molecular weight is 364 g/mol. The van der Waals surface area contributed by atoms with Crippen LogP contribution < -0.4 is 5.32 Å². The van der Waals surface area contributed by atoms with Gasteiger partial charge in [0, 0.05) is 18.5 Å². The van der Waals surface area contributed by atoms with Crippen molar-refractivity contribution in [3.05, 3.63) is 33.5 Å². The molecular formula is C17H21N3O2S2. The zero-order chi connectivity index (χ0) is 17.1. The molecule has 1 N–H and O–H groups in total. The van der Waals surface area contributed by atoms with E-state index in [1.165, 1.54) is 22.7 Å². The molecule has 0 unspecified atom stereocenters. The van der Waals surface area contributed by atoms with E-state index in [1.807, 2.05) is 22.9 Å². The van der Waals surface area contributed by atoms with Crippen LogP contribution in [0.4, 0.5) is 5.13 Å². The number of nitrogens with one attached hydrogen (secondary N) is 1. The van der Waals surface area contributed by atoms with E-state index >= 15 is 0 Å². The van der Waals surface area contributed by atoms with Gasteiger partial charge in [0.25, 0.3) is 5.91 Å². The zero-order valence-corrected chi connectivity index (χ0v) is 15.5. The SMILES string of the molecule is CC(C)c1csc(NC(=O)[C@@H]2CCCN(C(=O)c3cccs3)C2)n1. The number of nitrogens with zero attached hydrogens (tertiary/aromatic N) is 2. The fraction of sp³-hybridized carbons (Fsp3) is 0.471. The lowest BCUT2D eigenvalue weighted by Crippen LogP contribution is -2.43. The van der Waals surface area contributed by atoms with Gasteiger partial charge in [-0.1, -0.05) is 19.9 Å². The van der Waals surface area contributed by atoms with Crippen molar-refractivity contribution in [2.75, 3.05) is 18.4 Å². The van der Waals surface area contributed by atoms with Crippen molar-refractivity contribution in [1.29, 1.82) is 0 Å². The van der Waals surface area contributed by atoms with Crippen molar-refractivity contribution < 1.29 is 9.59 Å². The molecule has 0 radical (unpaired) electrons. The topological polar surface area (TPSA) is 62.3 Å². The molecule has 0 saturated carbocycles. The molecule has 2 aromatic rings. The summed E-state index contributed by atoms with van der Waals surface area (Å²) in [6.45, 7) is 5.35. The molecule has 24 heavy (non-hydrogen) atoms. The first kappa shape index (κ1) is 17.1. The molecule has 128 valence electrons. The maximum Gasteiger partial charge on any atom is 0.263 e. The van der Waals surface area contributed by atoms with Gasteiger partial charge in [-0.3, -0.25) is 9.59 Å². The molecule has 7 heteroatoms. The number of thiazole rings is 1. The molecule has 3 heterocycles. The van der Waals surface area contributed by atoms with Crippen LogP contribution in [-0.4, -0.2) is 34.8 Å². The van der Waals surface area contributed by atoms with Gasteiger partial charge in [-0.2, -0.15) is 0 Å². The van der Waals surface area contributed by atoms with Gasteiger partial charge >= 0.3 is 0 Å². The Morgan fingerprint density at radius 3 is 2.88 bits per heavy atom. The first-order valence-corrected chi connectivity index (χ1v) is 9.89. The number of carbonyl (C=O) groups is 2. The summed E-state index contributed by atoms with van der Waals surface area (Å²) in [5.41, 5.74) is 0.994. The number of thiophene rings is 1. The van der Waals surface area contributed by atoms with Crippen LogP contribution >= 0.6 is 22.7 Å². The smallest absolute Gasteiger partial charge is 0.263 e. The van der Waals surface area contributed by atoms with E-state index < -0.39 is 0 Å². The number of aromatic nitrogens is 1. The van der Waals surface area contributed by atoms with Crippen LogP contribution in [-0.2, 0) is 4.79 Å². The molecule has 2 aromatic heterocycles. The molecule has 0 aromatic carbocycles. The number of rotatable bonds is 4. The van der Waals surface area contributed by atoms with E-state index in [2.05, 4.69) is 24.1 Å². The Morgan fingerprint density at radius 2 is 2.21 bits per heavy atom. The molecule has 1 atom stereocenters. The zero-order valence-electron chi connectivity index (χ0n) is 13.8. The third kappa shape index (κ3) is 3.84. The Hall–Kier alpha value is -1.73. The van der Waals surface area contributed by atoms with E-state index in [0.717, 1.165) is 30.0 Å². The van der Waals surface area contributed by atoms with Crippen LogP contribution in [0.3, 0.4) is 0 Å². The van der Waals surface area contributed by atoms with Gasteiger partial charge in [-0.25, -0.2) is 4.98 Å². The predicted octanol–water partition coefficient (Wildman–Crippen LogP) is 3.82. The molecule has 0 spiro atoms. The molecular weight excluding hydrogens is 342 g/mol. The first-order chi connectivity index (χ1) is 11.5. The summed E-state index contributed by atoms with van der Waals surface area (Å²) >= 11 is 2.90. The summed E-state index contributed by atoms with van der Waals surface area (Å²) in [6, 6.07) is 3.71. The van der Waals surface area contributed by atoms with E-state index in [1.54, 1.807) is 4.90 Å². The van der Waals surface area contributed by atoms with Crippen LogP contribution in [0.25, 0.3) is 0 Å². The Kier molecular flexibility index (Phi) is 5.30. The van der Waals surface area contributed by atoms with Gasteiger partial charge in [0.2, 0.25) is 5.91 Å². The number of hydrogen-bond donors (Lipinski definition) is 1. The summed E-state index contributed by atoms with van der Waals surface area (Å²) in [5.74, 6) is 0.164. The van der Waals surface area contributed by atoms with Crippen molar-refractivity contribution in [1.82, 2.24) is 9.88 Å². The first-order valence-electron chi connectivity index (χ1n) is 8.13. The van der Waals surface area contributed by atoms with Crippen molar-refractivity contribution in [3.63, 3.8) is 0 Å². The van der Waals surface area contributed by atoms with Crippen molar-refractivity contribution >= 4 is 39.6 Å². The monoisotopic (exact) mass is 363 g/mol. The van der Waals surface area contributed by atoms with Gasteiger partial charge in [0.1, 0.15) is 0 Å². The number of carbonyl (C=O) groups excluding carboxylic acids is 2. The number of amides is 2. The minimum atomic E-state index is -0.172. The van der Waals surface area contributed by atoms with Crippen molar-refractivity contribution in [2.45, 2.75) is 32.6 Å². The largest absolute Gasteiger partial charge is 0.337 e. The van der Waals surface area contributed by atoms with Crippen LogP contribution in [0.2, 0.25) is 0 Å². The fourth-order valence-electron chi connectivity index (χ4n) is 2.75. The fourth-order valence-corrected chi connectivity index (χ4v) is 4.31. The van der Waals surface area contributed by atoms with Crippen LogP contribution in [0.1, 0.15) is 48.0 Å². The van der Waals surface area contributed by atoms with Gasteiger partial charge in [0.15, 0.2) is 5.13 Å². The van der Waals surface area contributed by atoms with Gasteiger partial charge in [-0.15, -0.1) is 22.7 Å². The molecule has 0 aliphatic carbocycles. The molecule has 3 rings (SSSR count). The van der Waals surface area contributed by atoms with E-state index in [0.29, 0.717) is 17.6 Å². The van der Waals surface area contributed by atoms with Crippen LogP contribution in [0.5, 0.6) is 0 Å². The maximum absolute atomic E-state index is 12.5. The maximum atomic E-state index is 12.5. The number of anilines is 1. The normalized spacial score (nSPS) is 18.0. The minimum absolute atomic E-state index is 0.0267. The molecule has 5 nitrogen and oxygen atoms in total. The average Bonchev–Trinajstić information content (AvgIpc) is 3.26. The Labute approximate surface area is 149 Å². The van der Waals surface area contributed by atoms with E-state index in [-0.39, 0.29) is 17.7 Å². The lowest BCUT2D eigenvalue weighted by atomic mass is 9.97. The van der Waals surface area contributed by atoms with Gasteiger partial charge in [0.05, 0.1) is 16.5 Å². The highest BCUT2D eigenvalue weighted by atomic mass is 32.1. The Bertz CT molecular complexity index is 709. The van der Waals surface area contributed by atoms with E-state index in [9.17, 15) is 9.59 Å². The molecule has 1 aliphatic heterocycles. The molecule has 1 saturated heterocycles. The molecule has 0 bridgehead atoms. The second-order valence-electron chi connectivity index (χ2n) is 6.29. The van der Waals surface area contributed by atoms with Gasteiger partial charge in [-0.05, 0) is 30.2 Å². The van der Waals surface area contributed by atoms with E-state index in [4.69, 9.17) is 0 Å². The number of hydrogen-bond acceptors (Lipinski definition) is 5. The van der Waals surface area contributed by atoms with Crippen LogP contribution in [0, 0.1) is 5.92 Å². The third-order valence-corrected chi connectivity index (χ3v) is 5.79. The lowest BCUT2D eigenvalue weighted by molar-refractivity contribution is -0.121. The summed E-state index contributed by atoms with van der Waals surface area (Å²) in [5, 5.41) is 7.44. The van der Waals surface area contributed by atoms with Crippen molar-refractivity contribution in [2.24, 2.45) is 5.92 Å².